The number of phenols is 1. The van der Waals surface area contributed by atoms with Gasteiger partial charge >= 0.3 is 0 Å². The van der Waals surface area contributed by atoms with E-state index in [1.54, 1.807) is 29.6 Å². The SMILES string of the molecule is CCCCCc1cccc(O)c1C1=NC(C2SCC(C(O)C(C)(C)C3=NC(C)(CO)CS3)N2C)CS1. The first kappa shape index (κ1) is 28.3. The van der Waals surface area contributed by atoms with Crippen LogP contribution in [0.1, 0.15) is 58.1 Å². The average Bonchev–Trinajstić information content (AvgIpc) is 3.58. The number of benzene rings is 1. The number of aliphatic hydroxyl groups excluding tert-OH is 2. The maximum absolute atomic E-state index is 11.5. The summed E-state index contributed by atoms with van der Waals surface area (Å²) in [5.41, 5.74) is 1.14. The lowest BCUT2D eigenvalue weighted by Gasteiger charge is -2.38. The highest BCUT2D eigenvalue weighted by molar-refractivity contribution is 8.15. The van der Waals surface area contributed by atoms with E-state index in [0.717, 1.165) is 45.8 Å². The number of hydrogen-bond acceptors (Lipinski definition) is 9. The number of unbranched alkanes of at least 4 members (excludes halogenated alkanes) is 2. The van der Waals surface area contributed by atoms with E-state index in [0.29, 0.717) is 5.75 Å². The summed E-state index contributed by atoms with van der Waals surface area (Å²) < 4.78 is 0. The van der Waals surface area contributed by atoms with E-state index in [-0.39, 0.29) is 24.1 Å². The second-order valence-corrected chi connectivity index (χ2v) is 14.2. The summed E-state index contributed by atoms with van der Waals surface area (Å²) in [6.45, 7) is 8.33. The van der Waals surface area contributed by atoms with Gasteiger partial charge in [-0.1, -0.05) is 45.7 Å². The minimum atomic E-state index is -0.576. The molecule has 3 aliphatic heterocycles. The van der Waals surface area contributed by atoms with Gasteiger partial charge in [0.25, 0.3) is 0 Å². The quantitative estimate of drug-likeness (QED) is 0.365. The number of likely N-dealkylation sites (N-methyl/N-ethyl adjacent to an activating group) is 1. The van der Waals surface area contributed by atoms with Gasteiger partial charge in [0.15, 0.2) is 0 Å². The molecule has 0 bridgehead atoms. The molecule has 200 valence electrons. The minimum Gasteiger partial charge on any atom is -0.507 e. The van der Waals surface area contributed by atoms with Crippen molar-refractivity contribution in [1.29, 1.82) is 0 Å². The zero-order valence-corrected chi connectivity index (χ0v) is 24.6. The number of rotatable bonds is 10. The van der Waals surface area contributed by atoms with Crippen LogP contribution in [0.2, 0.25) is 0 Å². The zero-order chi connectivity index (χ0) is 26.1. The van der Waals surface area contributed by atoms with Crippen molar-refractivity contribution in [2.24, 2.45) is 15.4 Å². The van der Waals surface area contributed by atoms with Crippen molar-refractivity contribution in [2.45, 2.75) is 82.5 Å². The fraction of sp³-hybridized carbons (Fsp3) is 0.704. The Morgan fingerprint density at radius 3 is 2.69 bits per heavy atom. The molecule has 0 saturated carbocycles. The van der Waals surface area contributed by atoms with Gasteiger partial charge in [-0.15, -0.1) is 35.3 Å². The molecule has 0 aromatic heterocycles. The van der Waals surface area contributed by atoms with Crippen molar-refractivity contribution < 1.29 is 15.3 Å². The van der Waals surface area contributed by atoms with Crippen LogP contribution in [-0.2, 0) is 6.42 Å². The Hall–Kier alpha value is -0.710. The molecule has 1 fully saturated rings. The highest BCUT2D eigenvalue weighted by atomic mass is 32.2. The molecule has 4 rings (SSSR count). The number of phenolic OH excluding ortho intramolecular Hbond substituents is 1. The van der Waals surface area contributed by atoms with Crippen molar-refractivity contribution in [3.8, 4) is 5.75 Å². The van der Waals surface area contributed by atoms with Crippen LogP contribution < -0.4 is 0 Å². The predicted molar refractivity (Wildman–Crippen MR) is 157 cm³/mol. The third kappa shape index (κ3) is 5.66. The zero-order valence-electron chi connectivity index (χ0n) is 22.1. The molecule has 36 heavy (non-hydrogen) atoms. The Labute approximate surface area is 228 Å². The summed E-state index contributed by atoms with van der Waals surface area (Å²) in [6.07, 6.45) is 3.86. The third-order valence-electron chi connectivity index (χ3n) is 7.64. The van der Waals surface area contributed by atoms with Crippen LogP contribution in [0, 0.1) is 5.41 Å². The fourth-order valence-corrected chi connectivity index (χ4v) is 9.41. The van der Waals surface area contributed by atoms with Gasteiger partial charge in [0, 0.05) is 28.7 Å². The number of nitrogens with zero attached hydrogens (tertiary/aromatic N) is 3. The van der Waals surface area contributed by atoms with Crippen molar-refractivity contribution in [1.82, 2.24) is 4.90 Å². The maximum atomic E-state index is 11.5. The molecule has 0 radical (unpaired) electrons. The third-order valence-corrected chi connectivity index (χ3v) is 11.9. The van der Waals surface area contributed by atoms with Crippen molar-refractivity contribution in [3.63, 3.8) is 0 Å². The molecule has 3 N–H and O–H groups in total. The molecule has 9 heteroatoms. The number of aliphatic hydroxyl groups is 2. The van der Waals surface area contributed by atoms with Gasteiger partial charge in [0.05, 0.1) is 40.3 Å². The van der Waals surface area contributed by atoms with Crippen LogP contribution in [0.5, 0.6) is 5.75 Å². The molecule has 0 amide bonds. The van der Waals surface area contributed by atoms with Gasteiger partial charge in [-0.25, -0.2) is 0 Å². The first-order valence-corrected chi connectivity index (χ1v) is 16.0. The molecule has 5 unspecified atom stereocenters. The van der Waals surface area contributed by atoms with Gasteiger partial charge in [0.2, 0.25) is 0 Å². The molecule has 1 aromatic carbocycles. The molecular weight excluding hydrogens is 511 g/mol. The van der Waals surface area contributed by atoms with E-state index in [9.17, 15) is 15.3 Å². The Kier molecular flexibility index (Phi) is 9.10. The maximum Gasteiger partial charge on any atom is 0.125 e. The van der Waals surface area contributed by atoms with E-state index < -0.39 is 17.1 Å². The number of thioether (sulfide) groups is 3. The normalized spacial score (nSPS) is 30.0. The summed E-state index contributed by atoms with van der Waals surface area (Å²) in [4.78, 5) is 12.2. The number of hydrogen-bond donors (Lipinski definition) is 3. The number of aryl methyl sites for hydroxylation is 1. The fourth-order valence-electron chi connectivity index (χ4n) is 5.15. The second kappa shape index (κ2) is 11.6. The van der Waals surface area contributed by atoms with E-state index in [2.05, 4.69) is 38.8 Å². The lowest BCUT2D eigenvalue weighted by molar-refractivity contribution is 0.0210. The number of aliphatic imine (C=N–C) groups is 2. The van der Waals surface area contributed by atoms with E-state index in [1.165, 1.54) is 18.4 Å². The predicted octanol–water partition coefficient (Wildman–Crippen LogP) is 4.64. The Bertz CT molecular complexity index is 1000. The molecule has 0 spiro atoms. The topological polar surface area (TPSA) is 88.7 Å². The van der Waals surface area contributed by atoms with Gasteiger partial charge in [-0.3, -0.25) is 14.9 Å². The van der Waals surface area contributed by atoms with Gasteiger partial charge in [0.1, 0.15) is 10.8 Å². The Morgan fingerprint density at radius 2 is 2.00 bits per heavy atom. The standard InChI is InChI=1S/C27H41N3O3S3/c1-6-7-8-10-17-11-9-12-20(32)21(17)23-28-18(13-34-23)24-30(5)19(14-35-24)22(33)26(2,3)25-29-27(4,15-31)16-36-25/h9,11-12,18-19,22,24,31-33H,6-8,10,13-16H2,1-5H3. The van der Waals surface area contributed by atoms with Gasteiger partial charge < -0.3 is 15.3 Å². The van der Waals surface area contributed by atoms with E-state index >= 15 is 0 Å². The molecule has 3 heterocycles. The minimum absolute atomic E-state index is 0.00161. The average molecular weight is 552 g/mol. The molecular formula is C27H41N3O3S3. The second-order valence-electron chi connectivity index (χ2n) is 11.1. The summed E-state index contributed by atoms with van der Waals surface area (Å²) in [5, 5.41) is 34.0. The molecule has 6 nitrogen and oxygen atoms in total. The van der Waals surface area contributed by atoms with Crippen molar-refractivity contribution in [3.05, 3.63) is 29.3 Å². The Balaban J connectivity index is 1.48. The lowest BCUT2D eigenvalue weighted by atomic mass is 9.83. The monoisotopic (exact) mass is 551 g/mol. The molecule has 1 saturated heterocycles. The highest BCUT2D eigenvalue weighted by Crippen LogP contribution is 2.44. The molecule has 5 atom stereocenters. The smallest absolute Gasteiger partial charge is 0.125 e. The first-order valence-electron chi connectivity index (χ1n) is 13.0. The van der Waals surface area contributed by atoms with Gasteiger partial charge in [-0.05, 0) is 38.4 Å². The van der Waals surface area contributed by atoms with Crippen molar-refractivity contribution >= 4 is 45.4 Å². The van der Waals surface area contributed by atoms with Crippen LogP contribution in [0.3, 0.4) is 0 Å². The van der Waals surface area contributed by atoms with E-state index in [1.807, 2.05) is 24.8 Å². The lowest BCUT2D eigenvalue weighted by Crippen LogP contribution is -2.51. The Morgan fingerprint density at radius 1 is 1.22 bits per heavy atom. The van der Waals surface area contributed by atoms with Gasteiger partial charge in [-0.2, -0.15) is 0 Å². The van der Waals surface area contributed by atoms with Crippen LogP contribution in [0.25, 0.3) is 0 Å². The van der Waals surface area contributed by atoms with Crippen molar-refractivity contribution in [2.75, 3.05) is 30.9 Å². The first-order chi connectivity index (χ1) is 17.1. The molecule has 3 aliphatic rings. The summed E-state index contributed by atoms with van der Waals surface area (Å²) >= 11 is 5.26. The summed E-state index contributed by atoms with van der Waals surface area (Å²) in [5.74, 6) is 2.79. The largest absolute Gasteiger partial charge is 0.507 e. The summed E-state index contributed by atoms with van der Waals surface area (Å²) in [7, 11) is 2.10. The van der Waals surface area contributed by atoms with Crippen LogP contribution >= 0.6 is 35.3 Å². The summed E-state index contributed by atoms with van der Waals surface area (Å²) in [6, 6.07) is 5.93. The number of aromatic hydroxyl groups is 1. The molecule has 0 aliphatic carbocycles. The molecule has 1 aromatic rings. The van der Waals surface area contributed by atoms with E-state index in [4.69, 9.17) is 9.98 Å². The highest BCUT2D eigenvalue weighted by Gasteiger charge is 2.49. The van der Waals surface area contributed by atoms with Crippen LogP contribution in [0.4, 0.5) is 0 Å². The van der Waals surface area contributed by atoms with Crippen LogP contribution in [0.15, 0.2) is 28.2 Å². The van der Waals surface area contributed by atoms with Crippen LogP contribution in [-0.4, -0.2) is 90.3 Å².